The number of hydrogen-bond donors (Lipinski definition) is 0. The lowest BCUT2D eigenvalue weighted by atomic mass is 9.76. The molecular formula is C18H18. The van der Waals surface area contributed by atoms with Crippen LogP contribution < -0.4 is 0 Å². The quantitative estimate of drug-likeness (QED) is 0.653. The first-order chi connectivity index (χ1) is 8.93. The second-order valence-electron chi connectivity index (χ2n) is 5.00. The largest absolute Gasteiger partial charge is 0.0622 e. The molecule has 0 unspecified atom stereocenters. The van der Waals surface area contributed by atoms with Crippen molar-refractivity contribution in [3.63, 3.8) is 0 Å². The van der Waals surface area contributed by atoms with Crippen molar-refractivity contribution >= 4 is 11.6 Å². The van der Waals surface area contributed by atoms with Gasteiger partial charge in [0.05, 0.1) is 0 Å². The molecule has 90 valence electrons. The maximum absolute atomic E-state index is 2.36. The maximum atomic E-state index is 2.36. The second-order valence-corrected chi connectivity index (χ2v) is 5.00. The third-order valence-electron chi connectivity index (χ3n) is 3.77. The third-order valence-corrected chi connectivity index (χ3v) is 3.77. The summed E-state index contributed by atoms with van der Waals surface area (Å²) in [6, 6.07) is 21.5. The van der Waals surface area contributed by atoms with E-state index >= 15 is 0 Å². The zero-order valence-electron chi connectivity index (χ0n) is 10.5. The maximum Gasteiger partial charge on any atom is -0.0156 e. The molecule has 0 aromatic heterocycles. The van der Waals surface area contributed by atoms with E-state index < -0.39 is 0 Å². The van der Waals surface area contributed by atoms with Crippen molar-refractivity contribution in [2.24, 2.45) is 5.92 Å². The Labute approximate surface area is 109 Å². The van der Waals surface area contributed by atoms with E-state index in [4.69, 9.17) is 0 Å². The molecule has 0 atom stereocenters. The van der Waals surface area contributed by atoms with Gasteiger partial charge in [-0.1, -0.05) is 73.2 Å². The van der Waals surface area contributed by atoms with E-state index in [0.717, 1.165) is 5.92 Å². The molecule has 0 heterocycles. The molecule has 0 nitrogen and oxygen atoms in total. The van der Waals surface area contributed by atoms with Crippen LogP contribution >= 0.6 is 0 Å². The molecule has 0 bridgehead atoms. The van der Waals surface area contributed by atoms with E-state index in [1.807, 2.05) is 0 Å². The Kier molecular flexibility index (Phi) is 3.27. The highest BCUT2D eigenvalue weighted by Gasteiger charge is 2.22. The Morgan fingerprint density at radius 3 is 2.00 bits per heavy atom. The Hall–Kier alpha value is -1.82. The molecule has 0 radical (unpaired) electrons. The molecule has 2 aromatic rings. The van der Waals surface area contributed by atoms with Gasteiger partial charge in [-0.2, -0.15) is 0 Å². The standard InChI is InChI=1S/C18H18/c1-3-8-15(9-4-1)14-18(17-12-7-13-17)16-10-5-2-6-11-16/h1-6,8-11,14,17H,7,12-13H2/b18-14+. The lowest BCUT2D eigenvalue weighted by Gasteiger charge is -2.28. The highest BCUT2D eigenvalue weighted by molar-refractivity contribution is 5.83. The fourth-order valence-electron chi connectivity index (χ4n) is 2.52. The van der Waals surface area contributed by atoms with Crippen LogP contribution in [-0.2, 0) is 0 Å². The lowest BCUT2D eigenvalue weighted by molar-refractivity contribution is 0.401. The van der Waals surface area contributed by atoms with Crippen molar-refractivity contribution in [1.29, 1.82) is 0 Å². The molecule has 0 spiro atoms. The van der Waals surface area contributed by atoms with Gasteiger partial charge in [0, 0.05) is 0 Å². The van der Waals surface area contributed by atoms with E-state index in [-0.39, 0.29) is 0 Å². The van der Waals surface area contributed by atoms with Gasteiger partial charge in [0.1, 0.15) is 0 Å². The molecule has 0 N–H and O–H groups in total. The topological polar surface area (TPSA) is 0 Å². The van der Waals surface area contributed by atoms with Gasteiger partial charge in [-0.25, -0.2) is 0 Å². The summed E-state index contributed by atoms with van der Waals surface area (Å²) < 4.78 is 0. The van der Waals surface area contributed by atoms with Gasteiger partial charge in [-0.3, -0.25) is 0 Å². The summed E-state index contributed by atoms with van der Waals surface area (Å²) in [5.41, 5.74) is 4.20. The van der Waals surface area contributed by atoms with Gasteiger partial charge >= 0.3 is 0 Å². The van der Waals surface area contributed by atoms with Crippen molar-refractivity contribution in [2.75, 3.05) is 0 Å². The molecule has 1 saturated carbocycles. The van der Waals surface area contributed by atoms with Crippen LogP contribution in [0.5, 0.6) is 0 Å². The molecule has 0 saturated heterocycles. The lowest BCUT2D eigenvalue weighted by Crippen LogP contribution is -2.12. The van der Waals surface area contributed by atoms with Gasteiger partial charge < -0.3 is 0 Å². The minimum absolute atomic E-state index is 0.757. The molecule has 18 heavy (non-hydrogen) atoms. The van der Waals surface area contributed by atoms with Crippen molar-refractivity contribution in [3.8, 4) is 0 Å². The predicted molar refractivity (Wildman–Crippen MR) is 78.1 cm³/mol. The van der Waals surface area contributed by atoms with Gasteiger partial charge in [0.25, 0.3) is 0 Å². The third kappa shape index (κ3) is 2.38. The monoisotopic (exact) mass is 234 g/mol. The van der Waals surface area contributed by atoms with Crippen molar-refractivity contribution in [3.05, 3.63) is 71.8 Å². The van der Waals surface area contributed by atoms with Crippen LogP contribution in [-0.4, -0.2) is 0 Å². The summed E-state index contributed by atoms with van der Waals surface area (Å²) in [7, 11) is 0. The molecule has 3 rings (SSSR count). The summed E-state index contributed by atoms with van der Waals surface area (Å²) >= 11 is 0. The fraction of sp³-hybridized carbons (Fsp3) is 0.222. The van der Waals surface area contributed by atoms with E-state index in [0.29, 0.717) is 0 Å². The first kappa shape index (κ1) is 11.3. The molecule has 0 amide bonds. The van der Waals surface area contributed by atoms with Gasteiger partial charge in [-0.05, 0) is 35.5 Å². The summed E-state index contributed by atoms with van der Waals surface area (Å²) in [6.07, 6.45) is 6.42. The summed E-state index contributed by atoms with van der Waals surface area (Å²) in [5, 5.41) is 0. The van der Waals surface area contributed by atoms with Crippen molar-refractivity contribution in [2.45, 2.75) is 19.3 Å². The Bertz CT molecular complexity index is 518. The van der Waals surface area contributed by atoms with Crippen molar-refractivity contribution < 1.29 is 0 Å². The number of rotatable bonds is 3. The molecule has 0 aliphatic heterocycles. The first-order valence-electron chi connectivity index (χ1n) is 6.75. The van der Waals surface area contributed by atoms with Crippen LogP contribution in [0.3, 0.4) is 0 Å². The first-order valence-corrected chi connectivity index (χ1v) is 6.75. The number of hydrogen-bond acceptors (Lipinski definition) is 0. The molecule has 0 heteroatoms. The normalized spacial score (nSPS) is 16.3. The predicted octanol–water partition coefficient (Wildman–Crippen LogP) is 5.03. The Balaban J connectivity index is 1.98. The van der Waals surface area contributed by atoms with Crippen LogP contribution in [0.25, 0.3) is 11.6 Å². The summed E-state index contributed by atoms with van der Waals surface area (Å²) in [5.74, 6) is 0.757. The minimum atomic E-state index is 0.757. The van der Waals surface area contributed by atoms with Gasteiger partial charge in [-0.15, -0.1) is 0 Å². The molecule has 1 aliphatic rings. The van der Waals surface area contributed by atoms with Crippen LogP contribution in [0.1, 0.15) is 30.4 Å². The molecule has 1 fully saturated rings. The average molecular weight is 234 g/mol. The average Bonchev–Trinajstić information content (AvgIpc) is 2.38. The second kappa shape index (κ2) is 5.22. The zero-order chi connectivity index (χ0) is 12.2. The summed E-state index contributed by atoms with van der Waals surface area (Å²) in [4.78, 5) is 0. The zero-order valence-corrected chi connectivity index (χ0v) is 10.5. The Morgan fingerprint density at radius 2 is 1.44 bits per heavy atom. The fourth-order valence-corrected chi connectivity index (χ4v) is 2.52. The van der Waals surface area contributed by atoms with E-state index in [1.165, 1.54) is 36.0 Å². The van der Waals surface area contributed by atoms with Gasteiger partial charge in [0.2, 0.25) is 0 Å². The van der Waals surface area contributed by atoms with Gasteiger partial charge in [0.15, 0.2) is 0 Å². The number of allylic oxidation sites excluding steroid dienone is 1. The van der Waals surface area contributed by atoms with E-state index in [1.54, 1.807) is 0 Å². The van der Waals surface area contributed by atoms with E-state index in [9.17, 15) is 0 Å². The van der Waals surface area contributed by atoms with E-state index in [2.05, 4.69) is 66.7 Å². The molecule has 2 aromatic carbocycles. The SMILES string of the molecule is C(=C(/c1ccccc1)C1CCC1)/c1ccccc1. The van der Waals surface area contributed by atoms with Crippen LogP contribution in [0, 0.1) is 5.92 Å². The van der Waals surface area contributed by atoms with Crippen molar-refractivity contribution in [1.82, 2.24) is 0 Å². The molecular weight excluding hydrogens is 216 g/mol. The number of benzene rings is 2. The Morgan fingerprint density at radius 1 is 0.833 bits per heavy atom. The summed E-state index contributed by atoms with van der Waals surface area (Å²) in [6.45, 7) is 0. The smallest absolute Gasteiger partial charge is 0.0156 e. The highest BCUT2D eigenvalue weighted by atomic mass is 14.3. The van der Waals surface area contributed by atoms with Crippen LogP contribution in [0.15, 0.2) is 60.7 Å². The highest BCUT2D eigenvalue weighted by Crippen LogP contribution is 2.39. The van der Waals surface area contributed by atoms with Crippen LogP contribution in [0.2, 0.25) is 0 Å². The minimum Gasteiger partial charge on any atom is -0.0622 e. The molecule has 1 aliphatic carbocycles. The van der Waals surface area contributed by atoms with Crippen LogP contribution in [0.4, 0.5) is 0 Å².